The average Bonchev–Trinajstić information content (AvgIpc) is 2.81. The van der Waals surface area contributed by atoms with Gasteiger partial charge in [-0.1, -0.05) is 26.7 Å². The maximum absolute atomic E-state index is 4.84. The molecule has 2 aromatic rings. The second kappa shape index (κ2) is 6.49. The molecule has 98 valence electrons. The highest BCUT2D eigenvalue weighted by Gasteiger charge is 2.16. The summed E-state index contributed by atoms with van der Waals surface area (Å²) in [4.78, 5) is 4.84. The quantitative estimate of drug-likeness (QED) is 0.567. The third-order valence-corrected chi connectivity index (χ3v) is 6.03. The van der Waals surface area contributed by atoms with Gasteiger partial charge in [0.1, 0.15) is 0 Å². The van der Waals surface area contributed by atoms with Gasteiger partial charge in [-0.25, -0.2) is 4.98 Å². The number of fused-ring (bicyclic) bond motifs is 1. The Labute approximate surface area is 129 Å². The van der Waals surface area contributed by atoms with Gasteiger partial charge < -0.3 is 0 Å². The SMILES string of the molecule is CCCCC(CC)c1nc2c(Br)ccc(Br)c2s1. The Morgan fingerprint density at radius 1 is 1.22 bits per heavy atom. The maximum atomic E-state index is 4.84. The molecule has 0 aliphatic rings. The van der Waals surface area contributed by atoms with Gasteiger partial charge in [-0.15, -0.1) is 11.3 Å². The Morgan fingerprint density at radius 2 is 1.94 bits per heavy atom. The highest BCUT2D eigenvalue weighted by Crippen LogP contribution is 2.38. The van der Waals surface area contributed by atoms with Gasteiger partial charge in [-0.2, -0.15) is 0 Å². The molecule has 1 unspecified atom stereocenters. The lowest BCUT2D eigenvalue weighted by Gasteiger charge is -2.10. The number of aromatic nitrogens is 1. The van der Waals surface area contributed by atoms with E-state index in [1.165, 1.54) is 35.4 Å². The lowest BCUT2D eigenvalue weighted by Crippen LogP contribution is -1.96. The van der Waals surface area contributed by atoms with Gasteiger partial charge in [0.15, 0.2) is 0 Å². The van der Waals surface area contributed by atoms with Gasteiger partial charge >= 0.3 is 0 Å². The first-order valence-corrected chi connectivity index (χ1v) is 8.82. The second-order valence-electron chi connectivity index (χ2n) is 4.51. The van der Waals surface area contributed by atoms with Crippen LogP contribution < -0.4 is 0 Å². The third-order valence-electron chi connectivity index (χ3n) is 3.21. The smallest absolute Gasteiger partial charge is 0.0970 e. The van der Waals surface area contributed by atoms with Crippen LogP contribution in [0.1, 0.15) is 50.5 Å². The van der Waals surface area contributed by atoms with Crippen LogP contribution in [-0.4, -0.2) is 4.98 Å². The molecular formula is C14H17Br2NS. The van der Waals surface area contributed by atoms with Crippen LogP contribution in [0.3, 0.4) is 0 Å². The fourth-order valence-electron chi connectivity index (χ4n) is 2.09. The van der Waals surface area contributed by atoms with Crippen molar-refractivity contribution in [2.45, 2.75) is 45.4 Å². The van der Waals surface area contributed by atoms with Gasteiger partial charge in [0.2, 0.25) is 0 Å². The normalized spacial score (nSPS) is 13.1. The molecular weight excluding hydrogens is 374 g/mol. The molecule has 0 bridgehead atoms. The third kappa shape index (κ3) is 2.97. The lowest BCUT2D eigenvalue weighted by molar-refractivity contribution is 0.568. The minimum Gasteiger partial charge on any atom is -0.240 e. The van der Waals surface area contributed by atoms with Crippen molar-refractivity contribution in [1.29, 1.82) is 0 Å². The Kier molecular flexibility index (Phi) is 5.22. The van der Waals surface area contributed by atoms with Gasteiger partial charge in [0.05, 0.1) is 15.2 Å². The highest BCUT2D eigenvalue weighted by atomic mass is 79.9. The molecule has 0 saturated heterocycles. The van der Waals surface area contributed by atoms with Crippen LogP contribution in [0.25, 0.3) is 10.2 Å². The van der Waals surface area contributed by atoms with Crippen LogP contribution in [0, 0.1) is 0 Å². The topological polar surface area (TPSA) is 12.9 Å². The van der Waals surface area contributed by atoms with E-state index in [1.807, 2.05) is 11.3 Å². The van der Waals surface area contributed by atoms with Gasteiger partial charge in [-0.05, 0) is 56.8 Å². The second-order valence-corrected chi connectivity index (χ2v) is 7.25. The molecule has 1 aromatic carbocycles. The fourth-order valence-corrected chi connectivity index (χ4v) is 4.42. The summed E-state index contributed by atoms with van der Waals surface area (Å²) in [7, 11) is 0. The van der Waals surface area contributed by atoms with E-state index in [2.05, 4.69) is 57.8 Å². The summed E-state index contributed by atoms with van der Waals surface area (Å²) in [6.07, 6.45) is 4.97. The zero-order chi connectivity index (χ0) is 13.1. The van der Waals surface area contributed by atoms with Crippen molar-refractivity contribution >= 4 is 53.4 Å². The first kappa shape index (κ1) is 14.5. The Hall–Kier alpha value is 0.0700. The molecule has 1 atom stereocenters. The van der Waals surface area contributed by atoms with Gasteiger partial charge in [0, 0.05) is 14.9 Å². The molecule has 0 spiro atoms. The number of hydrogen-bond donors (Lipinski definition) is 0. The standard InChI is InChI=1S/C14H17Br2NS/c1-3-5-6-9(4-2)14-17-12-10(15)7-8-11(16)13(12)18-14/h7-9H,3-6H2,1-2H3. The summed E-state index contributed by atoms with van der Waals surface area (Å²) in [6.45, 7) is 4.51. The largest absolute Gasteiger partial charge is 0.240 e. The summed E-state index contributed by atoms with van der Waals surface area (Å²) in [6, 6.07) is 4.14. The van der Waals surface area contributed by atoms with Crippen LogP contribution in [0.15, 0.2) is 21.1 Å². The monoisotopic (exact) mass is 389 g/mol. The molecule has 1 aromatic heterocycles. The van der Waals surface area contributed by atoms with E-state index in [9.17, 15) is 0 Å². The number of unbranched alkanes of at least 4 members (excludes halogenated alkanes) is 1. The molecule has 0 amide bonds. The van der Waals surface area contributed by atoms with Crippen LogP contribution in [0.2, 0.25) is 0 Å². The molecule has 1 heterocycles. The molecule has 0 aliphatic heterocycles. The average molecular weight is 391 g/mol. The predicted molar refractivity (Wildman–Crippen MR) is 87.6 cm³/mol. The van der Waals surface area contributed by atoms with E-state index < -0.39 is 0 Å². The van der Waals surface area contributed by atoms with E-state index >= 15 is 0 Å². The first-order chi connectivity index (χ1) is 8.67. The van der Waals surface area contributed by atoms with Crippen molar-refractivity contribution < 1.29 is 0 Å². The van der Waals surface area contributed by atoms with Gasteiger partial charge in [-0.3, -0.25) is 0 Å². The number of halogens is 2. The number of thiazole rings is 1. The van der Waals surface area contributed by atoms with Crippen molar-refractivity contribution in [2.75, 3.05) is 0 Å². The Morgan fingerprint density at radius 3 is 2.56 bits per heavy atom. The maximum Gasteiger partial charge on any atom is 0.0970 e. The number of benzene rings is 1. The molecule has 0 aliphatic carbocycles. The van der Waals surface area contributed by atoms with E-state index in [1.54, 1.807) is 0 Å². The van der Waals surface area contributed by atoms with Crippen LogP contribution in [0.5, 0.6) is 0 Å². The minimum absolute atomic E-state index is 0.612. The summed E-state index contributed by atoms with van der Waals surface area (Å²) in [5.41, 5.74) is 1.10. The van der Waals surface area contributed by atoms with Crippen LogP contribution >= 0.6 is 43.2 Å². The minimum atomic E-state index is 0.612. The van der Waals surface area contributed by atoms with Crippen molar-refractivity contribution in [1.82, 2.24) is 4.98 Å². The van der Waals surface area contributed by atoms with E-state index in [0.717, 1.165) is 14.5 Å². The Balaban J connectivity index is 2.39. The van der Waals surface area contributed by atoms with Crippen molar-refractivity contribution in [3.63, 3.8) is 0 Å². The van der Waals surface area contributed by atoms with Crippen molar-refractivity contribution in [2.24, 2.45) is 0 Å². The molecule has 18 heavy (non-hydrogen) atoms. The molecule has 4 heteroatoms. The molecule has 0 saturated carbocycles. The first-order valence-electron chi connectivity index (χ1n) is 6.41. The Bertz CT molecular complexity index is 497. The summed E-state index contributed by atoms with van der Waals surface area (Å²) >= 11 is 9.04. The van der Waals surface area contributed by atoms with Crippen LogP contribution in [-0.2, 0) is 0 Å². The zero-order valence-corrected chi connectivity index (χ0v) is 14.7. The highest BCUT2D eigenvalue weighted by molar-refractivity contribution is 9.11. The van der Waals surface area contributed by atoms with Crippen molar-refractivity contribution in [3.8, 4) is 0 Å². The molecule has 2 rings (SSSR count). The number of rotatable bonds is 5. The molecule has 1 nitrogen and oxygen atoms in total. The van der Waals surface area contributed by atoms with E-state index in [0.29, 0.717) is 5.92 Å². The summed E-state index contributed by atoms with van der Waals surface area (Å²) in [5.74, 6) is 0.612. The fraction of sp³-hybridized carbons (Fsp3) is 0.500. The number of nitrogens with zero attached hydrogens (tertiary/aromatic N) is 1. The number of hydrogen-bond acceptors (Lipinski definition) is 2. The van der Waals surface area contributed by atoms with Crippen LogP contribution in [0.4, 0.5) is 0 Å². The lowest BCUT2D eigenvalue weighted by atomic mass is 10.0. The molecule has 0 fully saturated rings. The summed E-state index contributed by atoms with van der Waals surface area (Å²) < 4.78 is 3.50. The molecule has 0 radical (unpaired) electrons. The van der Waals surface area contributed by atoms with E-state index in [-0.39, 0.29) is 0 Å². The summed E-state index contributed by atoms with van der Waals surface area (Å²) in [5, 5.41) is 1.29. The van der Waals surface area contributed by atoms with Crippen molar-refractivity contribution in [3.05, 3.63) is 26.1 Å². The van der Waals surface area contributed by atoms with Gasteiger partial charge in [0.25, 0.3) is 0 Å². The predicted octanol–water partition coefficient (Wildman–Crippen LogP) is 6.51. The zero-order valence-electron chi connectivity index (χ0n) is 10.7. The van der Waals surface area contributed by atoms with E-state index in [4.69, 9.17) is 4.98 Å². The molecule has 0 N–H and O–H groups in total.